The Morgan fingerprint density at radius 3 is 2.62 bits per heavy atom. The molecular formula is C18H16ClF3N4O3. The van der Waals surface area contributed by atoms with Crippen molar-refractivity contribution in [3.05, 3.63) is 52.4 Å². The summed E-state index contributed by atoms with van der Waals surface area (Å²) in [7, 11) is 2.98. The van der Waals surface area contributed by atoms with Crippen LogP contribution in [-0.2, 0) is 23.9 Å². The fraction of sp³-hybridized carbons (Fsp3) is 0.278. The first kappa shape index (κ1) is 20.7. The van der Waals surface area contributed by atoms with E-state index in [9.17, 15) is 18.0 Å². The van der Waals surface area contributed by atoms with E-state index in [2.05, 4.69) is 15.5 Å². The number of halogens is 4. The van der Waals surface area contributed by atoms with Gasteiger partial charge in [-0.05, 0) is 24.3 Å². The Morgan fingerprint density at radius 2 is 1.97 bits per heavy atom. The van der Waals surface area contributed by atoms with Gasteiger partial charge in [-0.25, -0.2) is 0 Å². The number of hydrogen-bond acceptors (Lipinski definition) is 5. The van der Waals surface area contributed by atoms with Gasteiger partial charge in [0.25, 0.3) is 0 Å². The lowest BCUT2D eigenvalue weighted by Crippen LogP contribution is -2.26. The average Bonchev–Trinajstić information content (AvgIpc) is 3.07. The number of aromatic nitrogens is 3. The van der Waals surface area contributed by atoms with Crippen molar-refractivity contribution in [3.63, 3.8) is 0 Å². The van der Waals surface area contributed by atoms with Gasteiger partial charge in [0, 0.05) is 11.8 Å². The Hall–Kier alpha value is -3.01. The number of methoxy groups -OCH3 is 2. The summed E-state index contributed by atoms with van der Waals surface area (Å²) < 4.78 is 51.0. The van der Waals surface area contributed by atoms with Crippen molar-refractivity contribution in [1.82, 2.24) is 19.9 Å². The summed E-state index contributed by atoms with van der Waals surface area (Å²) in [5.41, 5.74) is -0.797. The number of nitrogens with one attached hydrogen (secondary N) is 1. The number of carbonyl (C=O) groups is 1. The molecule has 29 heavy (non-hydrogen) atoms. The van der Waals surface area contributed by atoms with Crippen LogP contribution in [0.15, 0.2) is 30.5 Å². The van der Waals surface area contributed by atoms with Crippen LogP contribution in [-0.4, -0.2) is 34.7 Å². The summed E-state index contributed by atoms with van der Waals surface area (Å²) in [6.07, 6.45) is -3.40. The van der Waals surface area contributed by atoms with Crippen LogP contribution in [0.2, 0.25) is 5.02 Å². The van der Waals surface area contributed by atoms with Crippen molar-refractivity contribution in [2.24, 2.45) is 0 Å². The highest BCUT2D eigenvalue weighted by molar-refractivity contribution is 6.30. The van der Waals surface area contributed by atoms with Crippen molar-refractivity contribution < 1.29 is 27.4 Å². The molecule has 0 bridgehead atoms. The minimum absolute atomic E-state index is 0.0222. The van der Waals surface area contributed by atoms with Crippen LogP contribution in [0.1, 0.15) is 17.0 Å². The molecular weight excluding hydrogens is 413 g/mol. The van der Waals surface area contributed by atoms with Gasteiger partial charge in [-0.1, -0.05) is 11.6 Å². The zero-order valence-electron chi connectivity index (χ0n) is 15.4. The average molecular weight is 429 g/mol. The second-order valence-electron chi connectivity index (χ2n) is 6.01. The Kier molecular flexibility index (Phi) is 5.83. The number of nitrogens with zero attached hydrogens (tertiary/aromatic N) is 3. The first-order valence-corrected chi connectivity index (χ1v) is 8.68. The largest absolute Gasteiger partial charge is 0.497 e. The van der Waals surface area contributed by atoms with E-state index < -0.39 is 11.7 Å². The van der Waals surface area contributed by atoms with Crippen LogP contribution in [0.3, 0.4) is 0 Å². The Bertz CT molecular complexity index is 1050. The van der Waals surface area contributed by atoms with Gasteiger partial charge in [-0.15, -0.1) is 10.2 Å². The maximum absolute atomic E-state index is 13.2. The maximum atomic E-state index is 13.2. The fourth-order valence-corrected chi connectivity index (χ4v) is 2.98. The van der Waals surface area contributed by atoms with E-state index in [1.165, 1.54) is 20.4 Å². The smallest absolute Gasteiger partial charge is 0.420 e. The van der Waals surface area contributed by atoms with Gasteiger partial charge in [-0.2, -0.15) is 13.2 Å². The van der Waals surface area contributed by atoms with Gasteiger partial charge in [0.1, 0.15) is 17.1 Å². The maximum Gasteiger partial charge on any atom is 0.420 e. The highest BCUT2D eigenvalue weighted by Gasteiger charge is 2.35. The molecule has 0 spiro atoms. The third-order valence-electron chi connectivity index (χ3n) is 4.13. The zero-order valence-corrected chi connectivity index (χ0v) is 16.1. The third-order valence-corrected chi connectivity index (χ3v) is 4.34. The van der Waals surface area contributed by atoms with Gasteiger partial charge < -0.3 is 14.8 Å². The van der Waals surface area contributed by atoms with Gasteiger partial charge in [0.15, 0.2) is 11.5 Å². The highest BCUT2D eigenvalue weighted by Crippen LogP contribution is 2.33. The Balaban J connectivity index is 1.78. The second-order valence-corrected chi connectivity index (χ2v) is 6.45. The normalized spacial score (nSPS) is 11.5. The Morgan fingerprint density at radius 1 is 1.21 bits per heavy atom. The summed E-state index contributed by atoms with van der Waals surface area (Å²) in [6, 6.07) is 5.82. The van der Waals surface area contributed by atoms with Crippen LogP contribution >= 0.6 is 11.6 Å². The quantitative estimate of drug-likeness (QED) is 0.652. The molecule has 0 saturated carbocycles. The molecule has 0 fully saturated rings. The number of fused-ring (bicyclic) bond motifs is 1. The lowest BCUT2D eigenvalue weighted by molar-refractivity contribution is -0.136. The number of ether oxygens (including phenoxy) is 2. The van der Waals surface area contributed by atoms with Gasteiger partial charge in [0.2, 0.25) is 5.91 Å². The van der Waals surface area contributed by atoms with Crippen molar-refractivity contribution in [1.29, 1.82) is 0 Å². The van der Waals surface area contributed by atoms with E-state index in [0.29, 0.717) is 17.1 Å². The standard InChI is InChI=1S/C18H16ClF3N4O3/c1-28-12-3-4-14(29-2)10(5-12)6-16(27)23-8-15-24-25-17-13(18(20,21)22)7-11(19)9-26(15)17/h3-5,7,9H,6,8H2,1-2H3,(H,23,27). The number of amides is 1. The summed E-state index contributed by atoms with van der Waals surface area (Å²) in [5.74, 6) is 0.798. The number of hydrogen-bond donors (Lipinski definition) is 1. The molecule has 0 radical (unpaired) electrons. The molecule has 3 rings (SSSR count). The molecule has 3 aromatic rings. The molecule has 1 aromatic carbocycles. The molecule has 0 aliphatic rings. The molecule has 1 N–H and O–H groups in total. The van der Waals surface area contributed by atoms with E-state index in [1.807, 2.05) is 0 Å². The fourth-order valence-electron chi connectivity index (χ4n) is 2.77. The monoisotopic (exact) mass is 428 g/mol. The number of benzene rings is 1. The minimum Gasteiger partial charge on any atom is -0.497 e. The highest BCUT2D eigenvalue weighted by atomic mass is 35.5. The van der Waals surface area contributed by atoms with Crippen LogP contribution in [0.4, 0.5) is 13.2 Å². The van der Waals surface area contributed by atoms with Crippen molar-refractivity contribution in [2.45, 2.75) is 19.1 Å². The van der Waals surface area contributed by atoms with E-state index in [1.54, 1.807) is 18.2 Å². The lowest BCUT2D eigenvalue weighted by Gasteiger charge is -2.11. The van der Waals surface area contributed by atoms with E-state index >= 15 is 0 Å². The van der Waals surface area contributed by atoms with Crippen LogP contribution in [0.5, 0.6) is 11.5 Å². The molecule has 0 saturated heterocycles. The summed E-state index contributed by atoms with van der Waals surface area (Å²) in [4.78, 5) is 12.3. The van der Waals surface area contributed by atoms with E-state index in [0.717, 1.165) is 10.5 Å². The minimum atomic E-state index is -4.64. The lowest BCUT2D eigenvalue weighted by atomic mass is 10.1. The SMILES string of the molecule is COc1ccc(OC)c(CC(=O)NCc2nnc3c(C(F)(F)F)cc(Cl)cn23)c1. The van der Waals surface area contributed by atoms with Gasteiger partial charge in [-0.3, -0.25) is 9.20 Å². The van der Waals surface area contributed by atoms with Crippen LogP contribution < -0.4 is 14.8 Å². The Labute approximate surface area is 168 Å². The van der Waals surface area contributed by atoms with Gasteiger partial charge in [0.05, 0.1) is 32.2 Å². The molecule has 2 aromatic heterocycles. The van der Waals surface area contributed by atoms with Crippen molar-refractivity contribution in [2.75, 3.05) is 14.2 Å². The van der Waals surface area contributed by atoms with Crippen LogP contribution in [0.25, 0.3) is 5.65 Å². The molecule has 1 amide bonds. The first-order chi connectivity index (χ1) is 13.7. The van der Waals surface area contributed by atoms with Crippen LogP contribution in [0, 0.1) is 0 Å². The third kappa shape index (κ3) is 4.53. The predicted molar refractivity (Wildman–Crippen MR) is 98.1 cm³/mol. The van der Waals surface area contributed by atoms with Crippen molar-refractivity contribution in [3.8, 4) is 11.5 Å². The van der Waals surface area contributed by atoms with Gasteiger partial charge >= 0.3 is 6.18 Å². The molecule has 0 atom stereocenters. The number of carbonyl (C=O) groups excluding carboxylic acids is 1. The molecule has 0 aliphatic heterocycles. The van der Waals surface area contributed by atoms with E-state index in [-0.39, 0.29) is 35.4 Å². The molecule has 7 nitrogen and oxygen atoms in total. The second kappa shape index (κ2) is 8.16. The summed E-state index contributed by atoms with van der Waals surface area (Å²) in [5, 5.41) is 9.81. The number of alkyl halides is 3. The molecule has 2 heterocycles. The number of rotatable bonds is 6. The predicted octanol–water partition coefficient (Wildman–Crippen LogP) is 3.28. The van der Waals surface area contributed by atoms with Crippen molar-refractivity contribution >= 4 is 23.2 Å². The summed E-state index contributed by atoms with van der Waals surface area (Å²) >= 11 is 5.80. The van der Waals surface area contributed by atoms with E-state index in [4.69, 9.17) is 21.1 Å². The first-order valence-electron chi connectivity index (χ1n) is 8.31. The zero-order chi connectivity index (χ0) is 21.2. The summed E-state index contributed by atoms with van der Waals surface area (Å²) in [6.45, 7) is -0.135. The molecule has 0 unspecified atom stereocenters. The molecule has 154 valence electrons. The topological polar surface area (TPSA) is 77.8 Å². The molecule has 11 heteroatoms. The molecule has 0 aliphatic carbocycles. The number of pyridine rings is 1.